The number of carbonyl (C=O) groups is 3. The molecule has 1 aliphatic heterocycles. The highest BCUT2D eigenvalue weighted by molar-refractivity contribution is 5.90. The lowest BCUT2D eigenvalue weighted by Crippen LogP contribution is -2.56. The Kier molecular flexibility index (Phi) is 7.00. The Hall–Kier alpha value is -2.62. The van der Waals surface area contributed by atoms with Crippen LogP contribution in [0.4, 0.5) is 13.2 Å². The number of likely N-dealkylation sites (N-methyl/N-ethyl adjacent to an activating group) is 1. The van der Waals surface area contributed by atoms with E-state index in [4.69, 9.17) is 0 Å². The predicted molar refractivity (Wildman–Crippen MR) is 92.9 cm³/mol. The van der Waals surface area contributed by atoms with E-state index in [1.165, 1.54) is 20.2 Å². The van der Waals surface area contributed by atoms with Crippen LogP contribution in [0.25, 0.3) is 0 Å². The van der Waals surface area contributed by atoms with Gasteiger partial charge in [0.1, 0.15) is 6.54 Å². The van der Waals surface area contributed by atoms with Crippen molar-refractivity contribution >= 4 is 17.8 Å². The van der Waals surface area contributed by atoms with Gasteiger partial charge in [0.15, 0.2) is 0 Å². The van der Waals surface area contributed by atoms with Gasteiger partial charge in [0.05, 0.1) is 25.1 Å². The summed E-state index contributed by atoms with van der Waals surface area (Å²) in [5, 5.41) is 2.66. The quantitative estimate of drug-likeness (QED) is 0.721. The van der Waals surface area contributed by atoms with Crippen molar-refractivity contribution in [3.8, 4) is 0 Å². The molecule has 1 aromatic carbocycles. The van der Waals surface area contributed by atoms with Crippen LogP contribution >= 0.6 is 0 Å². The van der Waals surface area contributed by atoms with Gasteiger partial charge in [0.2, 0.25) is 11.8 Å². The molecule has 1 saturated heterocycles. The monoisotopic (exact) mass is 401 g/mol. The van der Waals surface area contributed by atoms with Crippen LogP contribution in [-0.4, -0.2) is 67.4 Å². The Morgan fingerprint density at radius 2 is 2.07 bits per heavy atom. The molecule has 0 spiro atoms. The average Bonchev–Trinajstić information content (AvgIpc) is 2.63. The topological polar surface area (TPSA) is 78.9 Å². The fraction of sp³-hybridized carbons (Fsp3) is 0.500. The molecule has 2 amide bonds. The van der Waals surface area contributed by atoms with E-state index in [0.717, 1.165) is 17.0 Å². The smallest absolute Gasteiger partial charge is 0.416 e. The molecule has 0 unspecified atom stereocenters. The van der Waals surface area contributed by atoms with Crippen molar-refractivity contribution in [2.24, 2.45) is 0 Å². The molecule has 10 heteroatoms. The molecule has 7 nitrogen and oxygen atoms in total. The van der Waals surface area contributed by atoms with Crippen molar-refractivity contribution in [2.75, 3.05) is 33.8 Å². The van der Waals surface area contributed by atoms with Crippen molar-refractivity contribution in [1.29, 1.82) is 0 Å². The van der Waals surface area contributed by atoms with E-state index in [-0.39, 0.29) is 25.4 Å². The molecule has 1 heterocycles. The zero-order valence-corrected chi connectivity index (χ0v) is 15.6. The third kappa shape index (κ3) is 5.69. The summed E-state index contributed by atoms with van der Waals surface area (Å²) in [6, 6.07) is 4.04. The van der Waals surface area contributed by atoms with Gasteiger partial charge >= 0.3 is 12.1 Å². The molecule has 0 aliphatic carbocycles. The number of ether oxygens (including phenoxy) is 1. The number of halogens is 3. The first kappa shape index (κ1) is 21.7. The molecule has 1 N–H and O–H groups in total. The summed E-state index contributed by atoms with van der Waals surface area (Å²) in [7, 11) is 2.61. The van der Waals surface area contributed by atoms with Crippen LogP contribution in [0.5, 0.6) is 0 Å². The molecule has 154 valence electrons. The second-order valence-electron chi connectivity index (χ2n) is 6.51. The van der Waals surface area contributed by atoms with Crippen LogP contribution in [0.1, 0.15) is 17.5 Å². The van der Waals surface area contributed by atoms with Crippen LogP contribution in [0.15, 0.2) is 24.3 Å². The molecular weight excluding hydrogens is 379 g/mol. The molecule has 0 aromatic heterocycles. The minimum atomic E-state index is -4.46. The van der Waals surface area contributed by atoms with Crippen molar-refractivity contribution < 1.29 is 32.3 Å². The number of hydrogen-bond donors (Lipinski definition) is 1. The Morgan fingerprint density at radius 1 is 1.36 bits per heavy atom. The number of nitrogens with one attached hydrogen (secondary N) is 1. The first-order valence-electron chi connectivity index (χ1n) is 8.60. The minimum Gasteiger partial charge on any atom is -0.468 e. The summed E-state index contributed by atoms with van der Waals surface area (Å²) in [4.78, 5) is 38.7. The molecule has 28 heavy (non-hydrogen) atoms. The van der Waals surface area contributed by atoms with Crippen molar-refractivity contribution in [3.63, 3.8) is 0 Å². The van der Waals surface area contributed by atoms with Gasteiger partial charge in [-0.2, -0.15) is 13.2 Å². The van der Waals surface area contributed by atoms with E-state index < -0.39 is 29.7 Å². The summed E-state index contributed by atoms with van der Waals surface area (Å²) in [6.45, 7) is 0.564. The highest BCUT2D eigenvalue weighted by Gasteiger charge is 2.34. The number of hydrogen-bond acceptors (Lipinski definition) is 5. The molecular formula is C18H22F3N3O4. The number of methoxy groups -OCH3 is 1. The second kappa shape index (κ2) is 9.05. The summed E-state index contributed by atoms with van der Waals surface area (Å²) in [5.74, 6) is -1.41. The number of nitrogens with zero attached hydrogens (tertiary/aromatic N) is 2. The van der Waals surface area contributed by atoms with Crippen LogP contribution in [0.3, 0.4) is 0 Å². The number of rotatable bonds is 6. The van der Waals surface area contributed by atoms with E-state index in [2.05, 4.69) is 10.1 Å². The summed E-state index contributed by atoms with van der Waals surface area (Å²) >= 11 is 0. The van der Waals surface area contributed by atoms with Crippen LogP contribution in [0, 0.1) is 0 Å². The Balaban J connectivity index is 2.11. The molecule has 0 radical (unpaired) electrons. The number of amides is 2. The zero-order valence-electron chi connectivity index (χ0n) is 15.6. The van der Waals surface area contributed by atoms with Gasteiger partial charge < -0.3 is 15.0 Å². The first-order valence-corrected chi connectivity index (χ1v) is 8.60. The van der Waals surface area contributed by atoms with Gasteiger partial charge in [-0.05, 0) is 11.6 Å². The van der Waals surface area contributed by atoms with Crippen molar-refractivity contribution in [1.82, 2.24) is 15.1 Å². The van der Waals surface area contributed by atoms with Gasteiger partial charge in [-0.1, -0.05) is 18.2 Å². The average molecular weight is 401 g/mol. The summed E-state index contributed by atoms with van der Waals surface area (Å²) in [6.07, 6.45) is -4.65. The molecule has 0 saturated carbocycles. The summed E-state index contributed by atoms with van der Waals surface area (Å²) in [5.41, 5.74) is -0.373. The predicted octanol–water partition coefficient (Wildman–Crippen LogP) is 1.03. The van der Waals surface area contributed by atoms with E-state index in [9.17, 15) is 27.6 Å². The van der Waals surface area contributed by atoms with E-state index in [0.29, 0.717) is 18.7 Å². The van der Waals surface area contributed by atoms with E-state index in [1.54, 1.807) is 11.0 Å². The molecule has 1 aromatic rings. The highest BCUT2D eigenvalue weighted by Crippen LogP contribution is 2.30. The lowest BCUT2D eigenvalue weighted by Gasteiger charge is -2.35. The zero-order chi connectivity index (χ0) is 20.9. The number of benzene rings is 1. The van der Waals surface area contributed by atoms with Gasteiger partial charge in [-0.3, -0.25) is 19.3 Å². The number of carbonyl (C=O) groups excluding carboxylic acids is 3. The van der Waals surface area contributed by atoms with Gasteiger partial charge in [0.25, 0.3) is 0 Å². The minimum absolute atomic E-state index is 0.0933. The van der Waals surface area contributed by atoms with Gasteiger partial charge in [-0.25, -0.2) is 0 Å². The second-order valence-corrected chi connectivity index (χ2v) is 6.51. The third-order valence-electron chi connectivity index (χ3n) is 4.47. The standard InChI is InChI=1S/C18H22F3N3O4/c1-23(11-16(26)28-2)15(25)9-14-17(27)22-6-7-24(14)10-12-4-3-5-13(8-12)18(19,20)21/h3-5,8,14H,6-7,9-11H2,1-2H3,(H,22,27)/t14-/m0/s1. The Bertz CT molecular complexity index is 739. The Morgan fingerprint density at radius 3 is 2.71 bits per heavy atom. The van der Waals surface area contributed by atoms with Gasteiger partial charge in [0, 0.05) is 26.7 Å². The highest BCUT2D eigenvalue weighted by atomic mass is 19.4. The van der Waals surface area contributed by atoms with Crippen molar-refractivity contribution in [3.05, 3.63) is 35.4 Å². The molecule has 1 aliphatic rings. The molecule has 2 rings (SSSR count). The molecule has 1 fully saturated rings. The van der Waals surface area contributed by atoms with Crippen LogP contribution in [0.2, 0.25) is 0 Å². The van der Waals surface area contributed by atoms with E-state index in [1.807, 2.05) is 0 Å². The number of piperazine rings is 1. The Labute approximate surface area is 160 Å². The maximum absolute atomic E-state index is 12.9. The first-order chi connectivity index (χ1) is 13.1. The maximum atomic E-state index is 12.9. The fourth-order valence-corrected chi connectivity index (χ4v) is 2.92. The normalized spacial score (nSPS) is 17.8. The molecule has 1 atom stereocenters. The number of esters is 1. The lowest BCUT2D eigenvalue weighted by atomic mass is 10.0. The largest absolute Gasteiger partial charge is 0.468 e. The molecule has 0 bridgehead atoms. The van der Waals surface area contributed by atoms with Crippen molar-refractivity contribution in [2.45, 2.75) is 25.2 Å². The van der Waals surface area contributed by atoms with E-state index >= 15 is 0 Å². The lowest BCUT2D eigenvalue weighted by molar-refractivity contribution is -0.147. The summed E-state index contributed by atoms with van der Waals surface area (Å²) < 4.78 is 43.2. The number of alkyl halides is 3. The fourth-order valence-electron chi connectivity index (χ4n) is 2.92. The maximum Gasteiger partial charge on any atom is 0.416 e. The van der Waals surface area contributed by atoms with Crippen LogP contribution < -0.4 is 5.32 Å². The van der Waals surface area contributed by atoms with Gasteiger partial charge in [-0.15, -0.1) is 0 Å². The third-order valence-corrected chi connectivity index (χ3v) is 4.47. The van der Waals surface area contributed by atoms with Crippen LogP contribution in [-0.2, 0) is 31.8 Å². The SMILES string of the molecule is COC(=O)CN(C)C(=O)C[C@H]1C(=O)NCCN1Cc1cccc(C(F)(F)F)c1.